The quantitative estimate of drug-likeness (QED) is 0.382. The zero-order valence-corrected chi connectivity index (χ0v) is 12.8. The standard InChI is InChI=1S/C13H25N3O5/c1-5-6(2)9(14)11(18)16-10(8(4)17)12(19)15-7(3)13(20)21/h6-10,17H,5,14H2,1-4H3,(H,15,19)(H,16,18)(H,20,21)/t6-,7-,8+,9-,10-/m0/s1. The highest BCUT2D eigenvalue weighted by atomic mass is 16.4. The van der Waals surface area contributed by atoms with E-state index in [0.717, 1.165) is 0 Å². The first-order valence-electron chi connectivity index (χ1n) is 6.88. The Bertz CT molecular complexity index is 386. The van der Waals surface area contributed by atoms with Crippen molar-refractivity contribution in [2.24, 2.45) is 11.7 Å². The Morgan fingerprint density at radius 2 is 1.62 bits per heavy atom. The van der Waals surface area contributed by atoms with Gasteiger partial charge < -0.3 is 26.6 Å². The number of aliphatic hydroxyl groups excluding tert-OH is 1. The molecule has 0 aliphatic heterocycles. The summed E-state index contributed by atoms with van der Waals surface area (Å²) in [7, 11) is 0. The molecule has 0 rings (SSSR count). The molecule has 2 amide bonds. The number of hydrogen-bond donors (Lipinski definition) is 5. The normalized spacial score (nSPS) is 18.0. The van der Waals surface area contributed by atoms with Crippen LogP contribution in [-0.4, -0.2) is 52.2 Å². The highest BCUT2D eigenvalue weighted by Crippen LogP contribution is 2.06. The highest BCUT2D eigenvalue weighted by molar-refractivity contribution is 5.92. The summed E-state index contributed by atoms with van der Waals surface area (Å²) in [5.41, 5.74) is 5.75. The maximum absolute atomic E-state index is 11.9. The van der Waals surface area contributed by atoms with Crippen molar-refractivity contribution in [2.75, 3.05) is 0 Å². The lowest BCUT2D eigenvalue weighted by atomic mass is 9.98. The number of aliphatic hydroxyl groups is 1. The van der Waals surface area contributed by atoms with Crippen LogP contribution in [-0.2, 0) is 14.4 Å². The van der Waals surface area contributed by atoms with Crippen molar-refractivity contribution in [3.63, 3.8) is 0 Å². The molecule has 0 aromatic rings. The number of hydrogen-bond acceptors (Lipinski definition) is 5. The van der Waals surface area contributed by atoms with Crippen LogP contribution in [0.1, 0.15) is 34.1 Å². The molecule has 0 aromatic carbocycles. The Hall–Kier alpha value is -1.67. The number of aliphatic carboxylic acids is 1. The lowest BCUT2D eigenvalue weighted by Crippen LogP contribution is -2.58. The van der Waals surface area contributed by atoms with Crippen LogP contribution in [0, 0.1) is 5.92 Å². The molecule has 5 atom stereocenters. The lowest BCUT2D eigenvalue weighted by molar-refractivity contribution is -0.142. The number of rotatable bonds is 8. The molecule has 0 radical (unpaired) electrons. The predicted octanol–water partition coefficient (Wildman–Crippen LogP) is -1.19. The fraction of sp³-hybridized carbons (Fsp3) is 0.769. The summed E-state index contributed by atoms with van der Waals surface area (Å²) in [5, 5.41) is 22.9. The summed E-state index contributed by atoms with van der Waals surface area (Å²) < 4.78 is 0. The Morgan fingerprint density at radius 1 is 1.10 bits per heavy atom. The number of nitrogens with two attached hydrogens (primary N) is 1. The van der Waals surface area contributed by atoms with Crippen molar-refractivity contribution >= 4 is 17.8 Å². The maximum atomic E-state index is 11.9. The molecule has 0 unspecified atom stereocenters. The largest absolute Gasteiger partial charge is 0.480 e. The molecule has 0 bridgehead atoms. The van der Waals surface area contributed by atoms with Crippen LogP contribution in [0.15, 0.2) is 0 Å². The average molecular weight is 303 g/mol. The van der Waals surface area contributed by atoms with Gasteiger partial charge in [-0.05, 0) is 19.8 Å². The second-order valence-corrected chi connectivity index (χ2v) is 5.21. The van der Waals surface area contributed by atoms with Crippen molar-refractivity contribution in [3.05, 3.63) is 0 Å². The van der Waals surface area contributed by atoms with E-state index in [1.165, 1.54) is 13.8 Å². The summed E-state index contributed by atoms with van der Waals surface area (Å²) in [6, 6.07) is -3.19. The number of carbonyl (C=O) groups excluding carboxylic acids is 2. The number of carbonyl (C=O) groups is 3. The molecule has 6 N–H and O–H groups in total. The zero-order valence-electron chi connectivity index (χ0n) is 12.8. The Kier molecular flexibility index (Phi) is 7.90. The smallest absolute Gasteiger partial charge is 0.325 e. The van der Waals surface area contributed by atoms with Crippen LogP contribution < -0.4 is 16.4 Å². The van der Waals surface area contributed by atoms with Crippen molar-refractivity contribution in [1.29, 1.82) is 0 Å². The van der Waals surface area contributed by atoms with E-state index in [2.05, 4.69) is 10.6 Å². The van der Waals surface area contributed by atoms with E-state index in [1.807, 2.05) is 6.92 Å². The summed E-state index contributed by atoms with van der Waals surface area (Å²) in [6.07, 6.45) is -0.491. The number of amides is 2. The fourth-order valence-corrected chi connectivity index (χ4v) is 1.53. The summed E-state index contributed by atoms with van der Waals surface area (Å²) in [5.74, 6) is -2.63. The molecule has 0 saturated heterocycles. The molecule has 0 fully saturated rings. The van der Waals surface area contributed by atoms with Gasteiger partial charge in [0, 0.05) is 0 Å². The first-order valence-corrected chi connectivity index (χ1v) is 6.88. The van der Waals surface area contributed by atoms with Gasteiger partial charge in [-0.25, -0.2) is 0 Å². The monoisotopic (exact) mass is 303 g/mol. The molecular weight excluding hydrogens is 278 g/mol. The van der Waals surface area contributed by atoms with E-state index in [0.29, 0.717) is 6.42 Å². The Labute approximate surface area is 124 Å². The van der Waals surface area contributed by atoms with Crippen LogP contribution in [0.25, 0.3) is 0 Å². The van der Waals surface area contributed by atoms with E-state index in [-0.39, 0.29) is 5.92 Å². The minimum atomic E-state index is -1.26. The molecule has 0 saturated carbocycles. The van der Waals surface area contributed by atoms with E-state index in [4.69, 9.17) is 10.8 Å². The molecule has 0 spiro atoms. The van der Waals surface area contributed by atoms with Gasteiger partial charge in [0.05, 0.1) is 12.1 Å². The predicted molar refractivity (Wildman–Crippen MR) is 76.3 cm³/mol. The minimum Gasteiger partial charge on any atom is -0.480 e. The molecule has 122 valence electrons. The van der Waals surface area contributed by atoms with E-state index >= 15 is 0 Å². The number of nitrogens with one attached hydrogen (secondary N) is 2. The van der Waals surface area contributed by atoms with Crippen molar-refractivity contribution in [3.8, 4) is 0 Å². The Balaban J connectivity index is 4.81. The second-order valence-electron chi connectivity index (χ2n) is 5.21. The third kappa shape index (κ3) is 6.09. The van der Waals surface area contributed by atoms with Crippen molar-refractivity contribution < 1.29 is 24.6 Å². The summed E-state index contributed by atoms with van der Waals surface area (Å²) >= 11 is 0. The molecule has 21 heavy (non-hydrogen) atoms. The zero-order chi connectivity index (χ0) is 16.7. The summed E-state index contributed by atoms with van der Waals surface area (Å²) in [6.45, 7) is 6.29. The van der Waals surface area contributed by atoms with E-state index in [9.17, 15) is 19.5 Å². The van der Waals surface area contributed by atoms with Gasteiger partial charge in [-0.15, -0.1) is 0 Å². The molecule has 0 aromatic heterocycles. The highest BCUT2D eigenvalue weighted by Gasteiger charge is 2.30. The van der Waals surface area contributed by atoms with Gasteiger partial charge in [0.15, 0.2) is 0 Å². The van der Waals surface area contributed by atoms with Crippen molar-refractivity contribution in [2.45, 2.75) is 58.3 Å². The van der Waals surface area contributed by atoms with Gasteiger partial charge in [0.1, 0.15) is 12.1 Å². The van der Waals surface area contributed by atoms with Crippen LogP contribution in [0.3, 0.4) is 0 Å². The summed E-state index contributed by atoms with van der Waals surface area (Å²) in [4.78, 5) is 34.5. The van der Waals surface area contributed by atoms with Crippen molar-refractivity contribution in [1.82, 2.24) is 10.6 Å². The van der Waals surface area contributed by atoms with Gasteiger partial charge in [0.2, 0.25) is 11.8 Å². The van der Waals surface area contributed by atoms with Crippen LogP contribution in [0.5, 0.6) is 0 Å². The number of carboxylic acids is 1. The molecule has 0 aliphatic carbocycles. The molecule has 0 aliphatic rings. The van der Waals surface area contributed by atoms with Gasteiger partial charge in [-0.2, -0.15) is 0 Å². The lowest BCUT2D eigenvalue weighted by Gasteiger charge is -2.25. The van der Waals surface area contributed by atoms with Crippen LogP contribution >= 0.6 is 0 Å². The first-order chi connectivity index (χ1) is 9.61. The number of carboxylic acid groups (broad SMARTS) is 1. The van der Waals surface area contributed by atoms with E-state index < -0.39 is 42.0 Å². The topological polar surface area (TPSA) is 142 Å². The fourth-order valence-electron chi connectivity index (χ4n) is 1.53. The van der Waals surface area contributed by atoms with Gasteiger partial charge in [-0.1, -0.05) is 20.3 Å². The third-order valence-electron chi connectivity index (χ3n) is 3.35. The van der Waals surface area contributed by atoms with Gasteiger partial charge >= 0.3 is 5.97 Å². The first kappa shape index (κ1) is 19.3. The average Bonchev–Trinajstić information content (AvgIpc) is 2.41. The molecule has 8 nitrogen and oxygen atoms in total. The Morgan fingerprint density at radius 3 is 2.00 bits per heavy atom. The van der Waals surface area contributed by atoms with Gasteiger partial charge in [0.25, 0.3) is 0 Å². The molecule has 0 heterocycles. The van der Waals surface area contributed by atoms with Gasteiger partial charge in [-0.3, -0.25) is 14.4 Å². The third-order valence-corrected chi connectivity index (χ3v) is 3.35. The van der Waals surface area contributed by atoms with Crippen LogP contribution in [0.4, 0.5) is 0 Å². The van der Waals surface area contributed by atoms with Crippen LogP contribution in [0.2, 0.25) is 0 Å². The molecular formula is C13H25N3O5. The minimum absolute atomic E-state index is 0.0827. The second kappa shape index (κ2) is 8.58. The van der Waals surface area contributed by atoms with E-state index in [1.54, 1.807) is 6.92 Å². The SMILES string of the molecule is CC[C@H](C)[C@H](N)C(=O)N[C@H](C(=O)N[C@@H](C)C(=O)O)[C@@H](C)O. The molecule has 8 heteroatoms. The maximum Gasteiger partial charge on any atom is 0.325 e.